The molecular weight excluding hydrogens is 237 g/mol. The lowest BCUT2D eigenvalue weighted by atomic mass is 10.0. The lowest BCUT2D eigenvalue weighted by Gasteiger charge is -2.10. The van der Waals surface area contributed by atoms with Crippen molar-refractivity contribution in [1.29, 1.82) is 0 Å². The van der Waals surface area contributed by atoms with Crippen LogP contribution in [0.1, 0.15) is 17.2 Å². The Hall–Kier alpha value is -2.07. The van der Waals surface area contributed by atoms with E-state index in [0.717, 1.165) is 6.07 Å². The Bertz CT molecular complexity index is 491. The molecule has 1 atom stereocenters. The van der Waals surface area contributed by atoms with E-state index in [-0.39, 0.29) is 5.56 Å². The van der Waals surface area contributed by atoms with Crippen LogP contribution in [0.2, 0.25) is 0 Å². The highest BCUT2D eigenvalue weighted by atomic mass is 19.4. The Morgan fingerprint density at radius 2 is 2.00 bits per heavy atom. The van der Waals surface area contributed by atoms with Crippen molar-refractivity contribution in [1.82, 2.24) is 0 Å². The first-order chi connectivity index (χ1) is 7.75. The summed E-state index contributed by atoms with van der Waals surface area (Å²) in [5, 5.41) is 10.5. The lowest BCUT2D eigenvalue weighted by molar-refractivity contribution is -0.385. The van der Waals surface area contributed by atoms with Gasteiger partial charge in [-0.1, -0.05) is 5.92 Å². The van der Waals surface area contributed by atoms with Crippen LogP contribution in [0, 0.1) is 22.5 Å². The van der Waals surface area contributed by atoms with Crippen molar-refractivity contribution in [2.24, 2.45) is 5.73 Å². The van der Waals surface area contributed by atoms with Gasteiger partial charge in [-0.25, -0.2) is 0 Å². The fraction of sp³-hybridized carbons (Fsp3) is 0.200. The van der Waals surface area contributed by atoms with Crippen LogP contribution in [0.5, 0.6) is 0 Å². The standard InChI is InChI=1S/C10H7F3N2O2/c1-2-9(14)6-3-7(10(11,12)13)5-8(4-6)15(16)17/h1,3-5,9H,14H2/t9-/m1/s1. The quantitative estimate of drug-likeness (QED) is 0.492. The number of non-ortho nitro benzene ring substituents is 1. The van der Waals surface area contributed by atoms with Gasteiger partial charge in [0, 0.05) is 12.1 Å². The molecule has 4 nitrogen and oxygen atoms in total. The second kappa shape index (κ2) is 4.43. The van der Waals surface area contributed by atoms with Crippen LogP contribution in [0.4, 0.5) is 18.9 Å². The van der Waals surface area contributed by atoms with Crippen LogP contribution in [0.15, 0.2) is 18.2 Å². The monoisotopic (exact) mass is 244 g/mol. The van der Waals surface area contributed by atoms with Crippen LogP contribution in [0.3, 0.4) is 0 Å². The first kappa shape index (κ1) is 13.0. The third kappa shape index (κ3) is 2.95. The zero-order valence-electron chi connectivity index (χ0n) is 8.36. The largest absolute Gasteiger partial charge is 0.416 e. The van der Waals surface area contributed by atoms with Crippen molar-refractivity contribution in [2.75, 3.05) is 0 Å². The summed E-state index contributed by atoms with van der Waals surface area (Å²) in [5.41, 5.74) is 3.39. The van der Waals surface area contributed by atoms with Gasteiger partial charge in [-0.05, 0) is 11.6 Å². The van der Waals surface area contributed by atoms with E-state index in [1.54, 1.807) is 0 Å². The maximum atomic E-state index is 12.5. The van der Waals surface area contributed by atoms with Gasteiger partial charge in [-0.15, -0.1) is 6.42 Å². The predicted octanol–water partition coefficient (Wildman–Crippen LogP) is 2.25. The Labute approximate surface area is 94.4 Å². The summed E-state index contributed by atoms with van der Waals surface area (Å²) in [6.45, 7) is 0. The molecule has 0 aliphatic heterocycles. The number of nitrogens with two attached hydrogens (primary N) is 1. The molecule has 0 heterocycles. The third-order valence-electron chi connectivity index (χ3n) is 2.02. The fourth-order valence-electron chi connectivity index (χ4n) is 1.18. The number of nitrogens with zero attached hydrogens (tertiary/aromatic N) is 1. The molecule has 1 aromatic rings. The minimum Gasteiger partial charge on any atom is -0.314 e. The molecule has 0 spiro atoms. The maximum absolute atomic E-state index is 12.5. The van der Waals surface area contributed by atoms with Crippen molar-refractivity contribution in [2.45, 2.75) is 12.2 Å². The van der Waals surface area contributed by atoms with Gasteiger partial charge < -0.3 is 5.73 Å². The number of nitro groups is 1. The second-order valence-corrected chi connectivity index (χ2v) is 3.21. The van der Waals surface area contributed by atoms with E-state index in [4.69, 9.17) is 12.2 Å². The van der Waals surface area contributed by atoms with Crippen LogP contribution in [0.25, 0.3) is 0 Å². The number of benzene rings is 1. The Morgan fingerprint density at radius 1 is 1.41 bits per heavy atom. The number of alkyl halides is 3. The minimum absolute atomic E-state index is 0.117. The van der Waals surface area contributed by atoms with Gasteiger partial charge in [0.05, 0.1) is 16.5 Å². The number of hydrogen-bond donors (Lipinski definition) is 1. The van der Waals surface area contributed by atoms with Crippen molar-refractivity contribution in [3.8, 4) is 12.3 Å². The summed E-state index contributed by atoms with van der Waals surface area (Å²) in [4.78, 5) is 9.56. The molecule has 0 aliphatic carbocycles. The van der Waals surface area contributed by atoms with E-state index in [1.807, 2.05) is 5.92 Å². The molecule has 0 radical (unpaired) electrons. The Kier molecular flexibility index (Phi) is 3.39. The van der Waals surface area contributed by atoms with Crippen molar-refractivity contribution in [3.05, 3.63) is 39.4 Å². The highest BCUT2D eigenvalue weighted by molar-refractivity contribution is 5.43. The first-order valence-electron chi connectivity index (χ1n) is 4.34. The molecule has 0 bridgehead atoms. The molecule has 7 heteroatoms. The molecule has 0 amide bonds. The number of hydrogen-bond acceptors (Lipinski definition) is 3. The highest BCUT2D eigenvalue weighted by Gasteiger charge is 2.33. The third-order valence-corrected chi connectivity index (χ3v) is 2.02. The zero-order chi connectivity index (χ0) is 13.2. The smallest absolute Gasteiger partial charge is 0.314 e. The van der Waals surface area contributed by atoms with Crippen LogP contribution >= 0.6 is 0 Å². The number of nitro benzene ring substituents is 1. The maximum Gasteiger partial charge on any atom is 0.416 e. The average molecular weight is 244 g/mol. The first-order valence-corrected chi connectivity index (χ1v) is 4.34. The van der Waals surface area contributed by atoms with Crippen LogP contribution in [-0.2, 0) is 6.18 Å². The summed E-state index contributed by atoms with van der Waals surface area (Å²) in [5.74, 6) is 2.01. The van der Waals surface area contributed by atoms with Gasteiger partial charge in [0.2, 0.25) is 0 Å². The second-order valence-electron chi connectivity index (χ2n) is 3.21. The molecule has 1 aromatic carbocycles. The topological polar surface area (TPSA) is 69.2 Å². The van der Waals surface area contributed by atoms with Crippen LogP contribution in [-0.4, -0.2) is 4.92 Å². The lowest BCUT2D eigenvalue weighted by Crippen LogP contribution is -2.12. The number of rotatable bonds is 2. The fourth-order valence-corrected chi connectivity index (χ4v) is 1.18. The Morgan fingerprint density at radius 3 is 2.41 bits per heavy atom. The summed E-state index contributed by atoms with van der Waals surface area (Å²) >= 11 is 0. The minimum atomic E-state index is -4.69. The molecule has 90 valence electrons. The molecule has 0 aliphatic rings. The summed E-state index contributed by atoms with van der Waals surface area (Å²) < 4.78 is 37.4. The van der Waals surface area contributed by atoms with Gasteiger partial charge in [-0.2, -0.15) is 13.2 Å². The molecule has 0 saturated carbocycles. The molecule has 0 fully saturated rings. The van der Waals surface area contributed by atoms with E-state index in [2.05, 4.69) is 0 Å². The molecule has 0 unspecified atom stereocenters. The normalized spacial score (nSPS) is 12.9. The number of terminal acetylenes is 1. The van der Waals surface area contributed by atoms with E-state index in [0.29, 0.717) is 12.1 Å². The Balaban J connectivity index is 3.40. The summed E-state index contributed by atoms with van der Waals surface area (Å²) in [6, 6.07) is 0.959. The SMILES string of the molecule is C#C[C@@H](N)c1cc([N+](=O)[O-])cc(C(F)(F)F)c1. The molecular formula is C10H7F3N2O2. The van der Waals surface area contributed by atoms with Crippen molar-refractivity contribution < 1.29 is 18.1 Å². The predicted molar refractivity (Wildman–Crippen MR) is 53.9 cm³/mol. The highest BCUT2D eigenvalue weighted by Crippen LogP contribution is 2.33. The zero-order valence-corrected chi connectivity index (χ0v) is 8.36. The number of halogens is 3. The molecule has 0 aromatic heterocycles. The molecule has 0 saturated heterocycles. The van der Waals surface area contributed by atoms with Gasteiger partial charge in [0.15, 0.2) is 0 Å². The van der Waals surface area contributed by atoms with Crippen LogP contribution < -0.4 is 5.73 Å². The van der Waals surface area contributed by atoms with Crippen molar-refractivity contribution in [3.63, 3.8) is 0 Å². The van der Waals surface area contributed by atoms with E-state index in [9.17, 15) is 23.3 Å². The van der Waals surface area contributed by atoms with Gasteiger partial charge in [0.1, 0.15) is 0 Å². The molecule has 1 rings (SSSR count). The molecule has 2 N–H and O–H groups in total. The summed E-state index contributed by atoms with van der Waals surface area (Å²) in [7, 11) is 0. The van der Waals surface area contributed by atoms with E-state index in [1.165, 1.54) is 0 Å². The van der Waals surface area contributed by atoms with Crippen molar-refractivity contribution >= 4 is 5.69 Å². The van der Waals surface area contributed by atoms with E-state index < -0.39 is 28.4 Å². The summed E-state index contributed by atoms with van der Waals surface area (Å²) in [6.07, 6.45) is 0.278. The average Bonchev–Trinajstić information content (AvgIpc) is 2.26. The van der Waals surface area contributed by atoms with Gasteiger partial charge >= 0.3 is 6.18 Å². The van der Waals surface area contributed by atoms with Gasteiger partial charge in [0.25, 0.3) is 5.69 Å². The molecule has 17 heavy (non-hydrogen) atoms. The van der Waals surface area contributed by atoms with E-state index >= 15 is 0 Å². The van der Waals surface area contributed by atoms with Gasteiger partial charge in [-0.3, -0.25) is 10.1 Å².